The van der Waals surface area contributed by atoms with Gasteiger partial charge in [0.25, 0.3) is 0 Å². The number of thiophene rings is 1. The number of rotatable bonds is 5. The third kappa shape index (κ3) is 2.88. The van der Waals surface area contributed by atoms with Crippen molar-refractivity contribution >= 4 is 11.3 Å². The zero-order chi connectivity index (χ0) is 12.3. The SMILES string of the molecule is COC1(CNC(C)c2sccc2C)CCOC1. The molecule has 2 unspecified atom stereocenters. The highest BCUT2D eigenvalue weighted by atomic mass is 32.1. The molecule has 1 N–H and O–H groups in total. The Morgan fingerprint density at radius 1 is 1.65 bits per heavy atom. The highest BCUT2D eigenvalue weighted by molar-refractivity contribution is 7.10. The van der Waals surface area contributed by atoms with Crippen LogP contribution >= 0.6 is 11.3 Å². The summed E-state index contributed by atoms with van der Waals surface area (Å²) in [6, 6.07) is 2.55. The van der Waals surface area contributed by atoms with Gasteiger partial charge >= 0.3 is 0 Å². The van der Waals surface area contributed by atoms with Gasteiger partial charge in [-0.25, -0.2) is 0 Å². The first-order valence-corrected chi connectivity index (χ1v) is 6.95. The molecular weight excluding hydrogens is 234 g/mol. The summed E-state index contributed by atoms with van der Waals surface area (Å²) in [6.07, 6.45) is 0.979. The first-order valence-electron chi connectivity index (χ1n) is 6.07. The van der Waals surface area contributed by atoms with Crippen molar-refractivity contribution in [2.75, 3.05) is 26.9 Å². The fourth-order valence-electron chi connectivity index (χ4n) is 2.22. The number of hydrogen-bond donors (Lipinski definition) is 1. The van der Waals surface area contributed by atoms with Crippen LogP contribution in [0, 0.1) is 6.92 Å². The molecule has 0 aliphatic carbocycles. The molecule has 1 fully saturated rings. The molecule has 0 saturated carbocycles. The van der Waals surface area contributed by atoms with E-state index in [2.05, 4.69) is 30.6 Å². The zero-order valence-electron chi connectivity index (χ0n) is 10.8. The van der Waals surface area contributed by atoms with Crippen molar-refractivity contribution in [2.24, 2.45) is 0 Å². The molecule has 1 saturated heterocycles. The first kappa shape index (κ1) is 13.0. The van der Waals surface area contributed by atoms with Crippen LogP contribution in [0.15, 0.2) is 11.4 Å². The molecule has 3 nitrogen and oxygen atoms in total. The van der Waals surface area contributed by atoms with E-state index < -0.39 is 0 Å². The molecule has 2 rings (SSSR count). The van der Waals surface area contributed by atoms with Crippen LogP contribution in [0.5, 0.6) is 0 Å². The van der Waals surface area contributed by atoms with Gasteiger partial charge in [0.15, 0.2) is 0 Å². The summed E-state index contributed by atoms with van der Waals surface area (Å²) in [5, 5.41) is 5.71. The van der Waals surface area contributed by atoms with Crippen molar-refractivity contribution in [3.05, 3.63) is 21.9 Å². The standard InChI is InChI=1S/C13H21NO2S/c1-10-4-7-17-12(10)11(2)14-8-13(15-3)5-6-16-9-13/h4,7,11,14H,5-6,8-9H2,1-3H3. The molecular formula is C13H21NO2S. The quantitative estimate of drug-likeness (QED) is 0.877. The summed E-state index contributed by atoms with van der Waals surface area (Å²) in [5.74, 6) is 0. The van der Waals surface area contributed by atoms with E-state index in [4.69, 9.17) is 9.47 Å². The average molecular weight is 255 g/mol. The summed E-state index contributed by atoms with van der Waals surface area (Å²) in [5.41, 5.74) is 1.24. The van der Waals surface area contributed by atoms with Gasteiger partial charge in [0.2, 0.25) is 0 Å². The third-order valence-electron chi connectivity index (χ3n) is 3.53. The lowest BCUT2D eigenvalue weighted by Crippen LogP contribution is -2.43. The Morgan fingerprint density at radius 2 is 2.47 bits per heavy atom. The van der Waals surface area contributed by atoms with Crippen LogP contribution in [0.25, 0.3) is 0 Å². The largest absolute Gasteiger partial charge is 0.378 e. The van der Waals surface area contributed by atoms with Gasteiger partial charge in [-0.1, -0.05) is 0 Å². The Hall–Kier alpha value is -0.420. The molecule has 0 bridgehead atoms. The van der Waals surface area contributed by atoms with Gasteiger partial charge in [0.1, 0.15) is 5.60 Å². The van der Waals surface area contributed by atoms with Crippen LogP contribution in [0.3, 0.4) is 0 Å². The first-order chi connectivity index (χ1) is 8.17. The fraction of sp³-hybridized carbons (Fsp3) is 0.692. The van der Waals surface area contributed by atoms with Gasteiger partial charge in [-0.15, -0.1) is 11.3 Å². The van der Waals surface area contributed by atoms with Crippen molar-refractivity contribution in [1.29, 1.82) is 0 Å². The van der Waals surface area contributed by atoms with Gasteiger partial charge in [-0.3, -0.25) is 0 Å². The van der Waals surface area contributed by atoms with Gasteiger partial charge in [0, 0.05) is 37.6 Å². The second kappa shape index (κ2) is 5.48. The number of nitrogens with one attached hydrogen (secondary N) is 1. The van der Waals surface area contributed by atoms with Gasteiger partial charge < -0.3 is 14.8 Å². The number of hydrogen-bond acceptors (Lipinski definition) is 4. The predicted molar refractivity (Wildman–Crippen MR) is 70.6 cm³/mol. The normalized spacial score (nSPS) is 26.3. The summed E-state index contributed by atoms with van der Waals surface area (Å²) in [7, 11) is 1.78. The minimum absolute atomic E-state index is 0.126. The molecule has 1 aromatic heterocycles. The molecule has 1 aliphatic rings. The Labute approximate surface area is 107 Å². The van der Waals surface area contributed by atoms with Crippen molar-refractivity contribution in [1.82, 2.24) is 5.32 Å². The summed E-state index contributed by atoms with van der Waals surface area (Å²) in [6.45, 7) is 6.73. The van der Waals surface area contributed by atoms with E-state index in [1.54, 1.807) is 7.11 Å². The van der Waals surface area contributed by atoms with Crippen molar-refractivity contribution in [2.45, 2.75) is 31.9 Å². The fourth-order valence-corrected chi connectivity index (χ4v) is 3.18. The molecule has 2 atom stereocenters. The topological polar surface area (TPSA) is 30.5 Å². The van der Waals surface area contributed by atoms with Crippen molar-refractivity contribution in [3.8, 4) is 0 Å². The number of ether oxygens (including phenoxy) is 2. The molecule has 0 aromatic carbocycles. The minimum atomic E-state index is -0.126. The second-order valence-corrected chi connectivity index (χ2v) is 5.71. The Morgan fingerprint density at radius 3 is 3.00 bits per heavy atom. The predicted octanol–water partition coefficient (Wildman–Crippen LogP) is 2.51. The van der Waals surface area contributed by atoms with Gasteiger partial charge in [-0.2, -0.15) is 0 Å². The maximum absolute atomic E-state index is 5.61. The lowest BCUT2D eigenvalue weighted by molar-refractivity contribution is -0.0171. The lowest BCUT2D eigenvalue weighted by atomic mass is 10.0. The molecule has 0 radical (unpaired) electrons. The number of aryl methyl sites for hydroxylation is 1. The van der Waals surface area contributed by atoms with Crippen LogP contribution in [-0.2, 0) is 9.47 Å². The molecule has 0 spiro atoms. The highest BCUT2D eigenvalue weighted by Crippen LogP contribution is 2.26. The van der Waals surface area contributed by atoms with Gasteiger partial charge in [-0.05, 0) is 30.9 Å². The molecule has 2 heterocycles. The maximum Gasteiger partial charge on any atom is 0.106 e. The number of methoxy groups -OCH3 is 1. The third-order valence-corrected chi connectivity index (χ3v) is 4.73. The van der Waals surface area contributed by atoms with Crippen LogP contribution < -0.4 is 5.32 Å². The van der Waals surface area contributed by atoms with E-state index in [0.29, 0.717) is 12.6 Å². The van der Waals surface area contributed by atoms with Crippen LogP contribution in [0.1, 0.15) is 29.8 Å². The monoisotopic (exact) mass is 255 g/mol. The maximum atomic E-state index is 5.61. The van der Waals surface area contributed by atoms with Crippen LogP contribution in [-0.4, -0.2) is 32.5 Å². The smallest absolute Gasteiger partial charge is 0.106 e. The van der Waals surface area contributed by atoms with E-state index in [1.807, 2.05) is 11.3 Å². The molecule has 0 amide bonds. The van der Waals surface area contributed by atoms with E-state index >= 15 is 0 Å². The zero-order valence-corrected chi connectivity index (χ0v) is 11.6. The Balaban J connectivity index is 1.91. The summed E-state index contributed by atoms with van der Waals surface area (Å²) < 4.78 is 11.0. The van der Waals surface area contributed by atoms with E-state index in [9.17, 15) is 0 Å². The lowest BCUT2D eigenvalue weighted by Gasteiger charge is -2.28. The van der Waals surface area contributed by atoms with E-state index in [-0.39, 0.29) is 5.60 Å². The molecule has 1 aliphatic heterocycles. The Bertz CT molecular complexity index is 358. The van der Waals surface area contributed by atoms with E-state index in [0.717, 1.165) is 19.6 Å². The molecule has 17 heavy (non-hydrogen) atoms. The molecule has 4 heteroatoms. The second-order valence-electron chi connectivity index (χ2n) is 4.76. The minimum Gasteiger partial charge on any atom is -0.378 e. The van der Waals surface area contributed by atoms with Gasteiger partial charge in [0.05, 0.1) is 6.61 Å². The van der Waals surface area contributed by atoms with Crippen molar-refractivity contribution < 1.29 is 9.47 Å². The average Bonchev–Trinajstić information content (AvgIpc) is 2.95. The van der Waals surface area contributed by atoms with Crippen molar-refractivity contribution in [3.63, 3.8) is 0 Å². The Kier molecular flexibility index (Phi) is 4.20. The molecule has 1 aromatic rings. The van der Waals surface area contributed by atoms with Crippen LogP contribution in [0.4, 0.5) is 0 Å². The highest BCUT2D eigenvalue weighted by Gasteiger charge is 2.35. The molecule has 96 valence electrons. The van der Waals surface area contributed by atoms with E-state index in [1.165, 1.54) is 10.4 Å². The summed E-state index contributed by atoms with van der Waals surface area (Å²) in [4.78, 5) is 1.41. The summed E-state index contributed by atoms with van der Waals surface area (Å²) >= 11 is 1.81. The van der Waals surface area contributed by atoms with Crippen LogP contribution in [0.2, 0.25) is 0 Å².